The number of hydrogen-bond acceptors (Lipinski definition) is 5. The van der Waals surface area contributed by atoms with Crippen molar-refractivity contribution < 1.29 is 5.11 Å². The molecule has 0 unspecified atom stereocenters. The van der Waals surface area contributed by atoms with Crippen LogP contribution in [0.5, 0.6) is 0 Å². The van der Waals surface area contributed by atoms with Crippen LogP contribution in [-0.2, 0) is 13.6 Å². The first-order valence-electron chi connectivity index (χ1n) is 4.75. The van der Waals surface area contributed by atoms with Gasteiger partial charge in [0.2, 0.25) is 0 Å². The number of rotatable bonds is 3. The van der Waals surface area contributed by atoms with Crippen molar-refractivity contribution in [3.05, 3.63) is 23.4 Å². The first-order valence-corrected chi connectivity index (χ1v) is 5.16. The van der Waals surface area contributed by atoms with Crippen LogP contribution >= 0.6 is 12.2 Å². The van der Waals surface area contributed by atoms with Crippen molar-refractivity contribution in [3.8, 4) is 11.5 Å². The largest absolute Gasteiger partial charge is 0.395 e. The van der Waals surface area contributed by atoms with Gasteiger partial charge >= 0.3 is 0 Å². The Kier molecular flexibility index (Phi) is 3.07. The van der Waals surface area contributed by atoms with Crippen molar-refractivity contribution in [2.24, 2.45) is 7.05 Å². The van der Waals surface area contributed by atoms with Crippen LogP contribution in [0.4, 0.5) is 0 Å². The molecule has 1 N–H and O–H groups in total. The van der Waals surface area contributed by atoms with Crippen LogP contribution in [-0.4, -0.2) is 36.0 Å². The summed E-state index contributed by atoms with van der Waals surface area (Å²) in [6, 6.07) is 0. The highest BCUT2D eigenvalue weighted by atomic mass is 32.1. The molecule has 84 valence electrons. The summed E-state index contributed by atoms with van der Waals surface area (Å²) in [5.41, 5.74) is 0.641. The minimum Gasteiger partial charge on any atom is -0.395 e. The first-order chi connectivity index (χ1) is 7.74. The summed E-state index contributed by atoms with van der Waals surface area (Å²) in [5.74, 6) is 0.620. The van der Waals surface area contributed by atoms with Gasteiger partial charge in [0, 0.05) is 19.4 Å². The zero-order valence-corrected chi connectivity index (χ0v) is 9.55. The molecule has 7 heteroatoms. The molecule has 0 bridgehead atoms. The third-order valence-electron chi connectivity index (χ3n) is 2.12. The fourth-order valence-electron chi connectivity index (χ4n) is 1.41. The molecular weight excluding hydrogens is 226 g/mol. The van der Waals surface area contributed by atoms with Crippen molar-refractivity contribution in [2.75, 3.05) is 6.61 Å². The van der Waals surface area contributed by atoms with E-state index in [2.05, 4.69) is 15.1 Å². The summed E-state index contributed by atoms with van der Waals surface area (Å²) in [6.45, 7) is 0.409. The normalized spacial score (nSPS) is 10.6. The van der Waals surface area contributed by atoms with E-state index in [1.165, 1.54) is 0 Å². The molecule has 2 heterocycles. The van der Waals surface area contributed by atoms with Gasteiger partial charge in [-0.15, -0.1) is 0 Å². The number of aryl methyl sites for hydroxylation is 1. The molecule has 0 aliphatic carbocycles. The summed E-state index contributed by atoms with van der Waals surface area (Å²) in [5, 5.41) is 13.2. The molecule has 0 spiro atoms. The zero-order valence-electron chi connectivity index (χ0n) is 8.74. The Morgan fingerprint density at radius 3 is 2.88 bits per heavy atom. The number of nitrogens with zero attached hydrogens (tertiary/aromatic N) is 5. The zero-order chi connectivity index (χ0) is 11.5. The Bertz CT molecular complexity index is 533. The molecule has 0 aromatic carbocycles. The molecular formula is C9H11N5OS. The van der Waals surface area contributed by atoms with Crippen LogP contribution < -0.4 is 0 Å². The number of aliphatic hydroxyl groups excluding tert-OH is 1. The van der Waals surface area contributed by atoms with E-state index >= 15 is 0 Å². The SMILES string of the molecule is Cn1nc(-c2cnccn2)n(CCO)c1=S. The Hall–Kier alpha value is -1.60. The van der Waals surface area contributed by atoms with Crippen molar-refractivity contribution >= 4 is 12.2 Å². The Morgan fingerprint density at radius 1 is 1.44 bits per heavy atom. The average molecular weight is 237 g/mol. The minimum atomic E-state index is 0.00720. The lowest BCUT2D eigenvalue weighted by Crippen LogP contribution is -2.05. The van der Waals surface area contributed by atoms with E-state index in [0.29, 0.717) is 22.8 Å². The maximum atomic E-state index is 8.98. The van der Waals surface area contributed by atoms with E-state index in [4.69, 9.17) is 17.3 Å². The van der Waals surface area contributed by atoms with Gasteiger partial charge < -0.3 is 5.11 Å². The van der Waals surface area contributed by atoms with Crippen molar-refractivity contribution in [1.29, 1.82) is 0 Å². The molecule has 0 amide bonds. The van der Waals surface area contributed by atoms with E-state index in [1.54, 1.807) is 34.9 Å². The van der Waals surface area contributed by atoms with E-state index in [-0.39, 0.29) is 6.61 Å². The molecule has 0 saturated carbocycles. The van der Waals surface area contributed by atoms with E-state index in [9.17, 15) is 0 Å². The van der Waals surface area contributed by atoms with Gasteiger partial charge in [-0.3, -0.25) is 9.55 Å². The third-order valence-corrected chi connectivity index (χ3v) is 2.61. The molecule has 0 fully saturated rings. The lowest BCUT2D eigenvalue weighted by atomic mass is 10.4. The van der Waals surface area contributed by atoms with E-state index < -0.39 is 0 Å². The highest BCUT2D eigenvalue weighted by Crippen LogP contribution is 2.13. The maximum absolute atomic E-state index is 8.98. The Morgan fingerprint density at radius 2 is 2.25 bits per heavy atom. The molecule has 2 aromatic heterocycles. The quantitative estimate of drug-likeness (QED) is 0.783. The lowest BCUT2D eigenvalue weighted by Gasteiger charge is -2.02. The van der Waals surface area contributed by atoms with Gasteiger partial charge in [-0.25, -0.2) is 9.67 Å². The molecule has 2 rings (SSSR count). The van der Waals surface area contributed by atoms with Gasteiger partial charge in [0.25, 0.3) is 0 Å². The topological polar surface area (TPSA) is 68.8 Å². The predicted octanol–water partition coefficient (Wildman–Crippen LogP) is 0.400. The van der Waals surface area contributed by atoms with Crippen molar-refractivity contribution in [2.45, 2.75) is 6.54 Å². The molecule has 16 heavy (non-hydrogen) atoms. The summed E-state index contributed by atoms with van der Waals surface area (Å²) in [4.78, 5) is 8.14. The van der Waals surface area contributed by atoms with Gasteiger partial charge in [-0.1, -0.05) is 0 Å². The summed E-state index contributed by atoms with van der Waals surface area (Å²) in [6.07, 6.45) is 4.80. The van der Waals surface area contributed by atoms with Gasteiger partial charge in [0.1, 0.15) is 5.69 Å². The number of aromatic nitrogens is 5. The molecule has 0 saturated heterocycles. The highest BCUT2D eigenvalue weighted by molar-refractivity contribution is 7.71. The Labute approximate surface area is 97.2 Å². The highest BCUT2D eigenvalue weighted by Gasteiger charge is 2.11. The average Bonchev–Trinajstić information content (AvgIpc) is 2.59. The standard InChI is InChI=1S/C9H11N5OS/c1-13-9(16)14(4-5-15)8(12-13)7-6-10-2-3-11-7/h2-3,6,15H,4-5H2,1H3. The van der Waals surface area contributed by atoms with Crippen LogP contribution in [0.3, 0.4) is 0 Å². The summed E-state index contributed by atoms with van der Waals surface area (Å²) >= 11 is 5.18. The molecule has 0 aliphatic heterocycles. The second-order valence-corrected chi connectivity index (χ2v) is 3.56. The van der Waals surface area contributed by atoms with Gasteiger partial charge in [0.15, 0.2) is 10.6 Å². The van der Waals surface area contributed by atoms with Crippen LogP contribution in [0.2, 0.25) is 0 Å². The monoisotopic (exact) mass is 237 g/mol. The number of hydrogen-bond donors (Lipinski definition) is 1. The molecule has 0 radical (unpaired) electrons. The second kappa shape index (κ2) is 4.50. The van der Waals surface area contributed by atoms with Crippen LogP contribution in [0.1, 0.15) is 0 Å². The van der Waals surface area contributed by atoms with E-state index in [0.717, 1.165) is 0 Å². The van der Waals surface area contributed by atoms with Gasteiger partial charge in [-0.05, 0) is 12.2 Å². The van der Waals surface area contributed by atoms with Gasteiger partial charge in [0.05, 0.1) is 19.3 Å². The number of aliphatic hydroxyl groups is 1. The van der Waals surface area contributed by atoms with Crippen LogP contribution in [0, 0.1) is 4.77 Å². The molecule has 2 aromatic rings. The van der Waals surface area contributed by atoms with Crippen LogP contribution in [0.25, 0.3) is 11.5 Å². The van der Waals surface area contributed by atoms with Crippen LogP contribution in [0.15, 0.2) is 18.6 Å². The lowest BCUT2D eigenvalue weighted by molar-refractivity contribution is 0.275. The van der Waals surface area contributed by atoms with Gasteiger partial charge in [-0.2, -0.15) is 5.10 Å². The summed E-state index contributed by atoms with van der Waals surface area (Å²) < 4.78 is 3.86. The molecule has 0 aliphatic rings. The van der Waals surface area contributed by atoms with Crippen molar-refractivity contribution in [3.63, 3.8) is 0 Å². The third kappa shape index (κ3) is 1.86. The second-order valence-electron chi connectivity index (χ2n) is 3.20. The molecule has 6 nitrogen and oxygen atoms in total. The fraction of sp³-hybridized carbons (Fsp3) is 0.333. The first kappa shape index (κ1) is 10.9. The molecule has 0 atom stereocenters. The van der Waals surface area contributed by atoms with Crippen molar-refractivity contribution in [1.82, 2.24) is 24.3 Å². The maximum Gasteiger partial charge on any atom is 0.197 e. The summed E-state index contributed by atoms with van der Waals surface area (Å²) in [7, 11) is 1.76. The predicted molar refractivity (Wildman–Crippen MR) is 60.1 cm³/mol. The minimum absolute atomic E-state index is 0.00720. The Balaban J connectivity index is 2.57. The smallest absolute Gasteiger partial charge is 0.197 e. The van der Waals surface area contributed by atoms with E-state index in [1.807, 2.05) is 0 Å². The fourth-order valence-corrected chi connectivity index (χ4v) is 1.63.